The second kappa shape index (κ2) is 45.5. The fraction of sp³-hybridized carbons (Fsp3) is 0.600. The molecule has 0 saturated carbocycles. The van der Waals surface area contributed by atoms with Gasteiger partial charge in [0.25, 0.3) is 0 Å². The maximum Gasteiger partial charge on any atom is 0.326 e. The molecule has 0 radical (unpaired) electrons. The van der Waals surface area contributed by atoms with E-state index in [1.165, 1.54) is 21.6 Å². The lowest BCUT2D eigenvalue weighted by molar-refractivity contribution is -0.144. The van der Waals surface area contributed by atoms with Crippen molar-refractivity contribution in [2.24, 2.45) is 28.9 Å². The molecule has 0 aromatic heterocycles. The SMILES string of the molecule is CSCC[C@H](NC(=O)[C@H](CC(C)C)NC(=O)CNC(=O)[C@H](Cc1ccccc1)NC(=O)[C@H](Cc1ccccc1)NC(=O)[C@H](CCC(N)=O)NC(=O)[C@H](CCC(N)=O)NC(=O)[C@@H]1CCCN1C(=O)[C@H](CCCCN)NC(=O)[C@@H]1CCCN1C(=O)[C@H](CCCNC(=N)N)NC(=O)CNC(=O)[C@@H]1C[C@@H](O)CN1)C(=O)O. The average molecular weight is 1520 g/mol. The first-order valence-electron chi connectivity index (χ1n) is 36.1. The van der Waals surface area contributed by atoms with Gasteiger partial charge in [0.1, 0.15) is 60.4 Å². The Hall–Kier alpha value is -10.0. The van der Waals surface area contributed by atoms with Gasteiger partial charge in [-0.25, -0.2) is 4.79 Å². The van der Waals surface area contributed by atoms with Crippen LogP contribution in [-0.4, -0.2) is 245 Å². The van der Waals surface area contributed by atoms with E-state index in [0.29, 0.717) is 36.1 Å². The van der Waals surface area contributed by atoms with E-state index in [-0.39, 0.29) is 115 Å². The normalized spacial score (nSPS) is 18.3. The van der Waals surface area contributed by atoms with E-state index in [1.807, 2.05) is 0 Å². The predicted octanol–water partition coefficient (Wildman–Crippen LogP) is -4.91. The van der Waals surface area contributed by atoms with Crippen molar-refractivity contribution in [3.8, 4) is 0 Å². The Labute approximate surface area is 625 Å². The third-order valence-corrected chi connectivity index (χ3v) is 18.8. The van der Waals surface area contributed by atoms with E-state index in [2.05, 4.69) is 63.8 Å². The van der Waals surface area contributed by atoms with E-state index in [0.717, 1.165) is 0 Å². The minimum Gasteiger partial charge on any atom is -0.480 e. The first kappa shape index (κ1) is 87.6. The molecule has 3 heterocycles. The van der Waals surface area contributed by atoms with Gasteiger partial charge in [-0.15, -0.1) is 0 Å². The van der Waals surface area contributed by atoms with Crippen LogP contribution in [0.2, 0.25) is 0 Å². The van der Waals surface area contributed by atoms with E-state index >= 15 is 0 Å². The Morgan fingerprint density at radius 1 is 0.542 bits per heavy atom. The summed E-state index contributed by atoms with van der Waals surface area (Å²) in [5.41, 5.74) is 23.5. The van der Waals surface area contributed by atoms with Crippen LogP contribution >= 0.6 is 11.8 Å². The Morgan fingerprint density at radius 2 is 1.00 bits per heavy atom. The quantitative estimate of drug-likeness (QED) is 0.0168. The number of hydrogen-bond donors (Lipinski definition) is 19. The van der Waals surface area contributed by atoms with Gasteiger partial charge in [0, 0.05) is 51.9 Å². The van der Waals surface area contributed by atoms with Crippen molar-refractivity contribution in [3.63, 3.8) is 0 Å². The summed E-state index contributed by atoms with van der Waals surface area (Å²) in [6, 6.07) is 2.46. The Kier molecular flexibility index (Phi) is 37.2. The Morgan fingerprint density at radius 3 is 1.49 bits per heavy atom. The van der Waals surface area contributed by atoms with Crippen LogP contribution in [0, 0.1) is 11.3 Å². The number of thioether (sulfide) groups is 1. The van der Waals surface area contributed by atoms with Crippen molar-refractivity contribution in [1.82, 2.24) is 73.6 Å². The van der Waals surface area contributed by atoms with Crippen LogP contribution < -0.4 is 86.7 Å². The second-order valence-corrected chi connectivity index (χ2v) is 28.2. The van der Waals surface area contributed by atoms with Crippen LogP contribution in [0.15, 0.2) is 60.7 Å². The molecular formula is C70H107N19O17S. The summed E-state index contributed by atoms with van der Waals surface area (Å²) >= 11 is 1.39. The average Bonchev–Trinajstić information content (AvgIpc) is 1.79. The first-order chi connectivity index (χ1) is 51.0. The second-order valence-electron chi connectivity index (χ2n) is 27.2. The lowest BCUT2D eigenvalue weighted by atomic mass is 10.0. The highest BCUT2D eigenvalue weighted by molar-refractivity contribution is 7.98. The minimum atomic E-state index is -1.69. The molecular weight excluding hydrogens is 1410 g/mol. The monoisotopic (exact) mass is 1520 g/mol. The Balaban J connectivity index is 1.34. The number of benzene rings is 2. The van der Waals surface area contributed by atoms with E-state index in [1.54, 1.807) is 80.8 Å². The highest BCUT2D eigenvalue weighted by Crippen LogP contribution is 2.24. The Bertz CT molecular complexity index is 3400. The number of likely N-dealkylation sites (tertiary alicyclic amines) is 2. The number of aliphatic hydroxyl groups excluding tert-OH is 1. The predicted molar refractivity (Wildman–Crippen MR) is 393 cm³/mol. The number of primary amides is 2. The highest BCUT2D eigenvalue weighted by Gasteiger charge is 2.43. The number of guanidine groups is 1. The van der Waals surface area contributed by atoms with Crippen LogP contribution in [0.4, 0.5) is 0 Å². The summed E-state index contributed by atoms with van der Waals surface area (Å²) in [7, 11) is 0. The van der Waals surface area contributed by atoms with E-state index < -0.39 is 200 Å². The molecule has 36 nitrogen and oxygen atoms in total. The van der Waals surface area contributed by atoms with E-state index in [4.69, 9.17) is 28.3 Å². The van der Waals surface area contributed by atoms with Gasteiger partial charge in [0.2, 0.25) is 82.7 Å². The van der Waals surface area contributed by atoms with Gasteiger partial charge in [0.15, 0.2) is 5.96 Å². The number of hydrogen-bond acceptors (Lipinski definition) is 20. The third kappa shape index (κ3) is 30.4. The molecule has 3 aliphatic rings. The fourth-order valence-electron chi connectivity index (χ4n) is 12.6. The number of carboxylic acid groups (broad SMARTS) is 1. The number of amides is 14. The molecule has 2 aromatic carbocycles. The van der Waals surface area contributed by atoms with Gasteiger partial charge in [-0.3, -0.25) is 72.5 Å². The zero-order valence-corrected chi connectivity index (χ0v) is 61.6. The molecule has 0 bridgehead atoms. The molecule has 3 saturated heterocycles. The van der Waals surface area contributed by atoms with Crippen LogP contribution in [0.3, 0.4) is 0 Å². The van der Waals surface area contributed by atoms with E-state index in [9.17, 15) is 82.1 Å². The van der Waals surface area contributed by atoms with Crippen molar-refractivity contribution in [2.45, 2.75) is 202 Å². The molecule has 23 N–H and O–H groups in total. The van der Waals surface area contributed by atoms with Gasteiger partial charge >= 0.3 is 5.97 Å². The number of aliphatic carboxylic acids is 1. The zero-order chi connectivity index (χ0) is 78.7. The van der Waals surface area contributed by atoms with Crippen LogP contribution in [0.25, 0.3) is 0 Å². The van der Waals surface area contributed by atoms with Gasteiger partial charge in [-0.2, -0.15) is 11.8 Å². The van der Waals surface area contributed by atoms with Crippen LogP contribution in [-0.2, 0) is 84.8 Å². The van der Waals surface area contributed by atoms with Crippen molar-refractivity contribution >= 4 is 106 Å². The topological polar surface area (TPSA) is 575 Å². The number of nitrogens with zero attached hydrogens (tertiary/aromatic N) is 2. The molecule has 107 heavy (non-hydrogen) atoms. The molecule has 590 valence electrons. The lowest BCUT2D eigenvalue weighted by Gasteiger charge is -2.32. The molecule has 14 amide bonds. The number of unbranched alkanes of at least 4 members (excludes halogenated alkanes) is 1. The maximum absolute atomic E-state index is 14.8. The summed E-state index contributed by atoms with van der Waals surface area (Å²) < 4.78 is 0. The lowest BCUT2D eigenvalue weighted by Crippen LogP contribution is -2.60. The number of nitrogens with one attached hydrogen (secondary N) is 13. The van der Waals surface area contributed by atoms with Crippen LogP contribution in [0.5, 0.6) is 0 Å². The van der Waals surface area contributed by atoms with Crippen molar-refractivity contribution in [3.05, 3.63) is 71.8 Å². The smallest absolute Gasteiger partial charge is 0.326 e. The standard InChI is InChI=1S/C70H107N19O17S/c1-40(2)33-50(63(99)85-48(69(105)106)27-32-107-3)81-58(94)39-79-60(96)51(34-41-15-6-4-7-16-41)86-64(100)52(35-42-17-8-5-9-18-42)87-62(98)44(23-25-55(72)91)82-61(97)45(24-26-56(73)92)83-65(101)53-21-13-31-89(53)68(104)47(19-10-11-28-71)84-66(102)54-22-14-30-88(54)67(103)46(20-12-29-76-70(74)75)80-57(93)38-78-59(95)49-36-43(90)37-77-49/h4-9,15-18,40,43-54,77,90H,10-14,19-39,71H2,1-3H3,(H2,72,91)(H2,73,92)(H,78,95)(H,79,96)(H,80,93)(H,81,94)(H,82,97)(H,83,101)(H,84,102)(H,85,99)(H,86,100)(H,87,98)(H,105,106)(H4,74,75,76)/t43-,44+,45+,46+,47+,48+,49+,50+,51+,52+,53+,54+/m1/s1. The molecule has 3 aliphatic heterocycles. The zero-order valence-electron chi connectivity index (χ0n) is 60.8. The van der Waals surface area contributed by atoms with Gasteiger partial charge in [-0.05, 0) is 125 Å². The molecule has 0 spiro atoms. The number of carbonyl (C=O) groups is 15. The number of nitrogens with two attached hydrogens (primary N) is 4. The largest absolute Gasteiger partial charge is 0.480 e. The van der Waals surface area contributed by atoms with Gasteiger partial charge in [-0.1, -0.05) is 74.5 Å². The van der Waals surface area contributed by atoms with Gasteiger partial charge in [0.05, 0.1) is 25.2 Å². The highest BCUT2D eigenvalue weighted by atomic mass is 32.2. The maximum atomic E-state index is 14.8. The minimum absolute atomic E-state index is 0.00590. The van der Waals surface area contributed by atoms with Crippen molar-refractivity contribution < 1.29 is 82.1 Å². The number of β-amino-alcohol motifs (C(OH)–C–C–N with tert-alkyl or cyclic N) is 1. The summed E-state index contributed by atoms with van der Waals surface area (Å²) in [5, 5.41) is 58.6. The fourth-order valence-corrected chi connectivity index (χ4v) is 13.1. The van der Waals surface area contributed by atoms with Crippen LogP contribution in [0.1, 0.15) is 128 Å². The number of aliphatic hydroxyl groups is 1. The molecule has 2 aromatic rings. The molecule has 5 rings (SSSR count). The summed E-state index contributed by atoms with van der Waals surface area (Å²) in [5.74, 6) is -12.7. The number of carbonyl (C=O) groups excluding carboxylic acids is 14. The summed E-state index contributed by atoms with van der Waals surface area (Å²) in [6.07, 6.45) is 1.03. The van der Waals surface area contributed by atoms with Crippen molar-refractivity contribution in [1.29, 1.82) is 5.41 Å². The molecule has 12 atom stereocenters. The number of rotatable bonds is 46. The molecule has 3 fully saturated rings. The van der Waals surface area contributed by atoms with Gasteiger partial charge < -0.3 is 107 Å². The summed E-state index contributed by atoms with van der Waals surface area (Å²) in [4.78, 5) is 209. The van der Waals surface area contributed by atoms with Crippen molar-refractivity contribution in [2.75, 3.05) is 57.8 Å². The first-order valence-corrected chi connectivity index (χ1v) is 37.5. The molecule has 0 unspecified atom stereocenters. The number of carboxylic acids is 1. The molecule has 37 heteroatoms. The summed E-state index contributed by atoms with van der Waals surface area (Å²) in [6.45, 7) is 3.04. The molecule has 0 aliphatic carbocycles. The third-order valence-electron chi connectivity index (χ3n) is 18.2.